The largest absolute Gasteiger partial charge is 0.495 e. The van der Waals surface area contributed by atoms with E-state index < -0.39 is 0 Å². The molecule has 11 heteroatoms. The first kappa shape index (κ1) is 24.0. The van der Waals surface area contributed by atoms with Gasteiger partial charge in [0.25, 0.3) is 0 Å². The summed E-state index contributed by atoms with van der Waals surface area (Å²) in [6, 6.07) is 10.3. The predicted molar refractivity (Wildman–Crippen MR) is 125 cm³/mol. The van der Waals surface area contributed by atoms with Crippen molar-refractivity contribution in [2.24, 2.45) is 7.05 Å². The van der Waals surface area contributed by atoms with Gasteiger partial charge >= 0.3 is 0 Å². The van der Waals surface area contributed by atoms with E-state index in [2.05, 4.69) is 15.5 Å². The maximum Gasteiger partial charge on any atom is 0.234 e. The number of carbonyl (C=O) groups excluding carboxylic acids is 1. The summed E-state index contributed by atoms with van der Waals surface area (Å²) >= 11 is 13.4. The van der Waals surface area contributed by atoms with Gasteiger partial charge in [-0.1, -0.05) is 41.0 Å². The fourth-order valence-corrected chi connectivity index (χ4v) is 4.01. The molecule has 0 fully saturated rings. The third kappa shape index (κ3) is 5.79. The zero-order valence-corrected chi connectivity index (χ0v) is 20.2. The molecule has 3 aromatic rings. The Morgan fingerprint density at radius 3 is 2.59 bits per heavy atom. The summed E-state index contributed by atoms with van der Waals surface area (Å²) in [6.07, 6.45) is -0.361. The molecule has 0 saturated carbocycles. The van der Waals surface area contributed by atoms with Crippen LogP contribution in [0.25, 0.3) is 0 Å². The first-order chi connectivity index (χ1) is 15.3. The Morgan fingerprint density at radius 2 is 1.91 bits per heavy atom. The van der Waals surface area contributed by atoms with Gasteiger partial charge in [-0.15, -0.1) is 10.2 Å². The number of hydrogen-bond acceptors (Lipinski definition) is 7. The van der Waals surface area contributed by atoms with E-state index in [-0.39, 0.29) is 17.8 Å². The van der Waals surface area contributed by atoms with Gasteiger partial charge in [0.15, 0.2) is 17.1 Å². The minimum atomic E-state index is -0.361. The van der Waals surface area contributed by atoms with Crippen LogP contribution in [0.1, 0.15) is 18.9 Å². The second kappa shape index (κ2) is 10.8. The van der Waals surface area contributed by atoms with Gasteiger partial charge in [-0.2, -0.15) is 0 Å². The minimum Gasteiger partial charge on any atom is -0.495 e. The molecule has 0 aliphatic carbocycles. The number of aromatic nitrogens is 3. The number of thioether (sulfide) groups is 1. The second-order valence-electron chi connectivity index (χ2n) is 6.64. The monoisotopic (exact) mass is 496 g/mol. The highest BCUT2D eigenvalue weighted by atomic mass is 35.5. The van der Waals surface area contributed by atoms with Crippen molar-refractivity contribution < 1.29 is 19.0 Å². The summed E-state index contributed by atoms with van der Waals surface area (Å²) in [7, 11) is 4.81. The van der Waals surface area contributed by atoms with E-state index in [1.165, 1.54) is 26.0 Å². The molecular weight excluding hydrogens is 475 g/mol. The maximum absolute atomic E-state index is 12.5. The van der Waals surface area contributed by atoms with Gasteiger partial charge < -0.3 is 24.1 Å². The molecular formula is C21H22Cl2N4O4S. The average Bonchev–Trinajstić information content (AvgIpc) is 3.13. The molecule has 8 nitrogen and oxygen atoms in total. The number of ether oxygens (including phenoxy) is 3. The number of methoxy groups -OCH3 is 2. The molecule has 2 aromatic carbocycles. The number of halogens is 2. The minimum absolute atomic E-state index is 0.115. The molecule has 1 heterocycles. The number of benzene rings is 2. The Kier molecular flexibility index (Phi) is 8.11. The molecule has 1 atom stereocenters. The molecule has 1 aromatic heterocycles. The lowest BCUT2D eigenvalue weighted by molar-refractivity contribution is -0.113. The lowest BCUT2D eigenvalue weighted by atomic mass is 10.2. The van der Waals surface area contributed by atoms with Crippen molar-refractivity contribution in [1.29, 1.82) is 0 Å². The first-order valence-electron chi connectivity index (χ1n) is 9.48. The zero-order chi connectivity index (χ0) is 23.3. The number of nitrogens with one attached hydrogen (secondary N) is 1. The highest BCUT2D eigenvalue weighted by Crippen LogP contribution is 2.36. The molecule has 1 amide bonds. The van der Waals surface area contributed by atoms with Crippen LogP contribution >= 0.6 is 35.0 Å². The van der Waals surface area contributed by atoms with E-state index >= 15 is 0 Å². The van der Waals surface area contributed by atoms with Crippen molar-refractivity contribution >= 4 is 46.6 Å². The molecule has 0 radical (unpaired) electrons. The van der Waals surface area contributed by atoms with Crippen molar-refractivity contribution in [2.75, 3.05) is 25.3 Å². The summed E-state index contributed by atoms with van der Waals surface area (Å²) < 4.78 is 18.2. The smallest absolute Gasteiger partial charge is 0.234 e. The third-order valence-electron chi connectivity index (χ3n) is 4.42. The molecule has 32 heavy (non-hydrogen) atoms. The van der Waals surface area contributed by atoms with E-state index in [0.717, 1.165) is 0 Å². The van der Waals surface area contributed by atoms with Crippen LogP contribution in [0.2, 0.25) is 10.0 Å². The lowest BCUT2D eigenvalue weighted by Crippen LogP contribution is -2.15. The Labute approximate surface area is 200 Å². The van der Waals surface area contributed by atoms with Crippen LogP contribution in [0.5, 0.6) is 17.2 Å². The SMILES string of the molecule is COc1cc(NC(=O)CSc2nnc(C(C)Oc3cccc(Cl)c3)n2C)c(OC)cc1Cl. The van der Waals surface area contributed by atoms with Crippen LogP contribution in [-0.2, 0) is 11.8 Å². The maximum atomic E-state index is 12.5. The normalized spacial score (nSPS) is 11.7. The van der Waals surface area contributed by atoms with Crippen molar-refractivity contribution in [2.45, 2.75) is 18.2 Å². The topological polar surface area (TPSA) is 87.5 Å². The summed E-state index contributed by atoms with van der Waals surface area (Å²) in [5, 5.41) is 12.7. The van der Waals surface area contributed by atoms with Gasteiger partial charge in [-0.25, -0.2) is 0 Å². The molecule has 1 unspecified atom stereocenters. The molecule has 0 aliphatic rings. The van der Waals surface area contributed by atoms with Crippen molar-refractivity contribution in [1.82, 2.24) is 14.8 Å². The highest BCUT2D eigenvalue weighted by Gasteiger charge is 2.19. The van der Waals surface area contributed by atoms with Gasteiger partial charge in [0.2, 0.25) is 5.91 Å². The number of anilines is 1. The van der Waals surface area contributed by atoms with Crippen molar-refractivity contribution in [3.8, 4) is 17.2 Å². The molecule has 0 spiro atoms. The number of nitrogens with zero attached hydrogens (tertiary/aromatic N) is 3. The quantitative estimate of drug-likeness (QED) is 0.416. The van der Waals surface area contributed by atoms with Gasteiger partial charge in [0, 0.05) is 24.2 Å². The fourth-order valence-electron chi connectivity index (χ4n) is 2.88. The zero-order valence-electron chi connectivity index (χ0n) is 17.9. The highest BCUT2D eigenvalue weighted by molar-refractivity contribution is 7.99. The molecule has 0 bridgehead atoms. The van der Waals surface area contributed by atoms with E-state index in [1.54, 1.807) is 28.8 Å². The predicted octanol–water partition coefficient (Wildman–Crippen LogP) is 5.01. The Hall–Kier alpha value is -2.62. The first-order valence-corrected chi connectivity index (χ1v) is 11.2. The molecule has 3 rings (SSSR count). The van der Waals surface area contributed by atoms with Crippen LogP contribution in [0.3, 0.4) is 0 Å². The number of hydrogen-bond donors (Lipinski definition) is 1. The van der Waals surface area contributed by atoms with E-state index in [4.69, 9.17) is 37.4 Å². The molecule has 0 saturated heterocycles. The van der Waals surface area contributed by atoms with E-state index in [0.29, 0.717) is 44.0 Å². The van der Waals surface area contributed by atoms with Gasteiger partial charge in [-0.3, -0.25) is 4.79 Å². The second-order valence-corrected chi connectivity index (χ2v) is 8.43. The molecule has 0 aliphatic heterocycles. The van der Waals surface area contributed by atoms with Crippen molar-refractivity contribution in [3.63, 3.8) is 0 Å². The van der Waals surface area contributed by atoms with Crippen LogP contribution in [0, 0.1) is 0 Å². The van der Waals surface area contributed by atoms with Gasteiger partial charge in [0.05, 0.1) is 30.7 Å². The van der Waals surface area contributed by atoms with Crippen LogP contribution < -0.4 is 19.5 Å². The van der Waals surface area contributed by atoms with Crippen molar-refractivity contribution in [3.05, 3.63) is 52.3 Å². The third-order valence-corrected chi connectivity index (χ3v) is 5.97. The fraction of sp³-hybridized carbons (Fsp3) is 0.286. The molecule has 170 valence electrons. The summed E-state index contributed by atoms with van der Waals surface area (Å²) in [5.74, 6) is 1.99. The van der Waals surface area contributed by atoms with Crippen LogP contribution in [0.15, 0.2) is 41.6 Å². The summed E-state index contributed by atoms with van der Waals surface area (Å²) in [5.41, 5.74) is 0.460. The van der Waals surface area contributed by atoms with Crippen LogP contribution in [0.4, 0.5) is 5.69 Å². The Bertz CT molecular complexity index is 1110. The summed E-state index contributed by atoms with van der Waals surface area (Å²) in [6.45, 7) is 1.87. The van der Waals surface area contributed by atoms with Crippen LogP contribution in [-0.4, -0.2) is 40.6 Å². The Balaban J connectivity index is 1.63. The Morgan fingerprint density at radius 1 is 1.16 bits per heavy atom. The lowest BCUT2D eigenvalue weighted by Gasteiger charge is -2.14. The number of carbonyl (C=O) groups is 1. The molecule has 1 N–H and O–H groups in total. The average molecular weight is 497 g/mol. The van der Waals surface area contributed by atoms with Gasteiger partial charge in [-0.05, 0) is 25.1 Å². The van der Waals surface area contributed by atoms with Gasteiger partial charge in [0.1, 0.15) is 17.2 Å². The summed E-state index contributed by atoms with van der Waals surface area (Å²) in [4.78, 5) is 12.5. The standard InChI is InChI=1S/C21H22Cl2N4O4S/c1-12(31-14-7-5-6-13(22)8-14)20-25-26-21(27(20)2)32-11-19(28)24-16-10-17(29-3)15(23)9-18(16)30-4/h5-10,12H,11H2,1-4H3,(H,24,28). The van der Waals surface area contributed by atoms with E-state index in [1.807, 2.05) is 26.1 Å². The number of amides is 1. The van der Waals surface area contributed by atoms with E-state index in [9.17, 15) is 4.79 Å². The number of rotatable bonds is 9.